The second-order valence-electron chi connectivity index (χ2n) is 3.94. The fourth-order valence-electron chi connectivity index (χ4n) is 1.64. The molecule has 0 bridgehead atoms. The fourth-order valence-corrected chi connectivity index (χ4v) is 1.94. The lowest BCUT2D eigenvalue weighted by molar-refractivity contribution is -0.274. The molecule has 0 spiro atoms. The zero-order valence-electron chi connectivity index (χ0n) is 10.3. The van der Waals surface area contributed by atoms with Crippen molar-refractivity contribution in [1.82, 2.24) is 9.55 Å². The van der Waals surface area contributed by atoms with Crippen LogP contribution < -0.4 is 21.8 Å². The van der Waals surface area contributed by atoms with Crippen molar-refractivity contribution in [2.45, 2.75) is 6.36 Å². The van der Waals surface area contributed by atoms with Crippen LogP contribution in [0.4, 0.5) is 24.7 Å². The van der Waals surface area contributed by atoms with E-state index in [4.69, 9.17) is 23.7 Å². The molecule has 0 aliphatic heterocycles. The number of nitrogens with one attached hydrogen (secondary N) is 1. The van der Waals surface area contributed by atoms with Gasteiger partial charge in [-0.25, -0.2) is 0 Å². The van der Waals surface area contributed by atoms with Gasteiger partial charge in [0.05, 0.1) is 5.69 Å². The van der Waals surface area contributed by atoms with Gasteiger partial charge in [-0.1, -0.05) is 6.07 Å². The first kappa shape index (κ1) is 14.9. The standard InChI is InChI=1S/C11H9F3N4O2S/c12-11(13,14)20-6-3-1-2-5(4-6)18-8(16)7(15)9(19)17-10(18)21/h1-4H,15-16H2,(H,17,19,21). The molecule has 0 aliphatic rings. The number of ether oxygens (including phenoxy) is 1. The average Bonchev–Trinajstić information content (AvgIpc) is 2.34. The highest BCUT2D eigenvalue weighted by atomic mass is 32.1. The highest BCUT2D eigenvalue weighted by molar-refractivity contribution is 7.71. The average molecular weight is 318 g/mol. The summed E-state index contributed by atoms with van der Waals surface area (Å²) in [6, 6.07) is 4.94. The Balaban J connectivity index is 2.59. The van der Waals surface area contributed by atoms with E-state index in [2.05, 4.69) is 9.72 Å². The molecule has 1 aromatic carbocycles. The third kappa shape index (κ3) is 3.16. The number of aromatic nitrogens is 2. The number of benzene rings is 1. The fraction of sp³-hybridized carbons (Fsp3) is 0.0909. The molecule has 5 N–H and O–H groups in total. The van der Waals surface area contributed by atoms with E-state index in [1.54, 1.807) is 0 Å². The molecule has 112 valence electrons. The highest BCUT2D eigenvalue weighted by Crippen LogP contribution is 2.26. The second-order valence-corrected chi connectivity index (χ2v) is 4.33. The molecule has 6 nitrogen and oxygen atoms in total. The van der Waals surface area contributed by atoms with Gasteiger partial charge < -0.3 is 16.2 Å². The largest absolute Gasteiger partial charge is 0.573 e. The van der Waals surface area contributed by atoms with E-state index in [-0.39, 0.29) is 22.0 Å². The summed E-state index contributed by atoms with van der Waals surface area (Å²) in [5, 5.41) is 0. The van der Waals surface area contributed by atoms with Gasteiger partial charge >= 0.3 is 6.36 Å². The predicted molar refractivity (Wildman–Crippen MR) is 72.7 cm³/mol. The van der Waals surface area contributed by atoms with E-state index in [1.165, 1.54) is 12.1 Å². The Bertz CT molecular complexity index is 797. The first-order chi connectivity index (χ1) is 9.69. The summed E-state index contributed by atoms with van der Waals surface area (Å²) >= 11 is 4.93. The van der Waals surface area contributed by atoms with Gasteiger partial charge in [-0.05, 0) is 24.4 Å². The number of halogens is 3. The van der Waals surface area contributed by atoms with Crippen molar-refractivity contribution < 1.29 is 17.9 Å². The van der Waals surface area contributed by atoms with E-state index in [0.717, 1.165) is 16.7 Å². The first-order valence-electron chi connectivity index (χ1n) is 5.45. The van der Waals surface area contributed by atoms with E-state index < -0.39 is 17.7 Å². The van der Waals surface area contributed by atoms with Crippen LogP contribution in [0.1, 0.15) is 0 Å². The maximum absolute atomic E-state index is 12.2. The van der Waals surface area contributed by atoms with Gasteiger partial charge in [0.1, 0.15) is 17.3 Å². The van der Waals surface area contributed by atoms with Gasteiger partial charge in [-0.3, -0.25) is 14.3 Å². The lowest BCUT2D eigenvalue weighted by Crippen LogP contribution is -2.21. The van der Waals surface area contributed by atoms with Crippen LogP contribution >= 0.6 is 12.2 Å². The molecule has 0 saturated heterocycles. The van der Waals surface area contributed by atoms with Gasteiger partial charge in [0.15, 0.2) is 4.77 Å². The van der Waals surface area contributed by atoms with E-state index in [9.17, 15) is 18.0 Å². The summed E-state index contributed by atoms with van der Waals surface area (Å²) in [5.74, 6) is -0.626. The number of nitrogen functional groups attached to an aromatic ring is 2. The molecule has 10 heteroatoms. The van der Waals surface area contributed by atoms with E-state index in [0.29, 0.717) is 0 Å². The van der Waals surface area contributed by atoms with Gasteiger partial charge in [-0.15, -0.1) is 13.2 Å². The number of hydrogen-bond donors (Lipinski definition) is 3. The minimum absolute atomic E-state index is 0.101. The molecule has 0 radical (unpaired) electrons. The summed E-state index contributed by atoms with van der Waals surface area (Å²) in [5.41, 5.74) is 10.4. The third-order valence-electron chi connectivity index (χ3n) is 2.49. The third-order valence-corrected chi connectivity index (χ3v) is 2.78. The Morgan fingerprint density at radius 2 is 1.95 bits per heavy atom. The molecule has 1 heterocycles. The number of hydrogen-bond acceptors (Lipinski definition) is 5. The molecule has 0 amide bonds. The molecule has 21 heavy (non-hydrogen) atoms. The molecule has 0 aliphatic carbocycles. The van der Waals surface area contributed by atoms with Gasteiger partial charge in [-0.2, -0.15) is 0 Å². The minimum atomic E-state index is -4.82. The summed E-state index contributed by atoms with van der Waals surface area (Å²) < 4.78 is 41.5. The highest BCUT2D eigenvalue weighted by Gasteiger charge is 2.31. The van der Waals surface area contributed by atoms with Crippen LogP contribution in [0, 0.1) is 4.77 Å². The van der Waals surface area contributed by atoms with Crippen LogP contribution in [-0.4, -0.2) is 15.9 Å². The van der Waals surface area contributed by atoms with Gasteiger partial charge in [0, 0.05) is 6.07 Å². The van der Waals surface area contributed by atoms with Crippen LogP contribution in [0.15, 0.2) is 29.1 Å². The number of nitrogens with zero attached hydrogens (tertiary/aromatic N) is 1. The molecule has 2 aromatic rings. The zero-order valence-corrected chi connectivity index (χ0v) is 11.1. The smallest absolute Gasteiger partial charge is 0.406 e. The topological polar surface area (TPSA) is 99.1 Å². The van der Waals surface area contributed by atoms with Crippen LogP contribution in [0.25, 0.3) is 5.69 Å². The van der Waals surface area contributed by atoms with Crippen molar-refractivity contribution >= 4 is 23.7 Å². The second kappa shape index (κ2) is 5.13. The minimum Gasteiger partial charge on any atom is -0.406 e. The van der Waals surface area contributed by atoms with E-state index >= 15 is 0 Å². The Kier molecular flexibility index (Phi) is 3.64. The van der Waals surface area contributed by atoms with Crippen LogP contribution in [0.2, 0.25) is 0 Å². The normalized spacial score (nSPS) is 11.4. The Morgan fingerprint density at radius 1 is 1.29 bits per heavy atom. The molecular formula is C11H9F3N4O2S. The summed E-state index contributed by atoms with van der Waals surface area (Å²) in [4.78, 5) is 13.7. The van der Waals surface area contributed by atoms with Crippen LogP contribution in [-0.2, 0) is 0 Å². The number of alkyl halides is 3. The van der Waals surface area contributed by atoms with Crippen LogP contribution in [0.3, 0.4) is 0 Å². The van der Waals surface area contributed by atoms with Crippen molar-refractivity contribution in [2.75, 3.05) is 11.5 Å². The molecule has 0 atom stereocenters. The molecule has 2 rings (SSSR count). The van der Waals surface area contributed by atoms with Gasteiger partial charge in [0.2, 0.25) is 0 Å². The summed E-state index contributed by atoms with van der Waals surface area (Å²) in [7, 11) is 0. The van der Waals surface area contributed by atoms with Crippen molar-refractivity contribution in [3.05, 3.63) is 39.4 Å². The quantitative estimate of drug-likeness (QED) is 0.735. The SMILES string of the molecule is Nc1c(N)n(-c2cccc(OC(F)(F)F)c2)c(=S)[nH]c1=O. The number of anilines is 2. The van der Waals surface area contributed by atoms with Crippen LogP contribution in [0.5, 0.6) is 5.75 Å². The molecule has 0 saturated carbocycles. The lowest BCUT2D eigenvalue weighted by Gasteiger charge is -2.14. The first-order valence-corrected chi connectivity index (χ1v) is 5.86. The molecule has 1 aromatic heterocycles. The molecule has 0 unspecified atom stereocenters. The maximum Gasteiger partial charge on any atom is 0.573 e. The van der Waals surface area contributed by atoms with Crippen molar-refractivity contribution in [3.63, 3.8) is 0 Å². The zero-order chi connectivity index (χ0) is 15.8. The Morgan fingerprint density at radius 3 is 2.57 bits per heavy atom. The summed E-state index contributed by atoms with van der Waals surface area (Å²) in [6.07, 6.45) is -4.82. The Hall–Kier alpha value is -2.49. The van der Waals surface area contributed by atoms with Crippen molar-refractivity contribution in [2.24, 2.45) is 0 Å². The number of aromatic amines is 1. The lowest BCUT2D eigenvalue weighted by atomic mass is 10.3. The number of H-pyrrole nitrogens is 1. The summed E-state index contributed by atoms with van der Waals surface area (Å²) in [6.45, 7) is 0. The predicted octanol–water partition coefficient (Wildman–Crippen LogP) is 1.96. The van der Waals surface area contributed by atoms with Gasteiger partial charge in [0.25, 0.3) is 5.56 Å². The molecular weight excluding hydrogens is 309 g/mol. The van der Waals surface area contributed by atoms with Crippen molar-refractivity contribution in [3.8, 4) is 11.4 Å². The maximum atomic E-state index is 12.2. The molecule has 0 fully saturated rings. The van der Waals surface area contributed by atoms with E-state index in [1.807, 2.05) is 0 Å². The van der Waals surface area contributed by atoms with Crippen molar-refractivity contribution in [1.29, 1.82) is 0 Å². The Labute approximate surface area is 120 Å². The number of nitrogens with two attached hydrogens (primary N) is 2. The number of rotatable bonds is 2. The monoisotopic (exact) mass is 318 g/mol.